The van der Waals surface area contributed by atoms with E-state index in [0.29, 0.717) is 17.2 Å². The van der Waals surface area contributed by atoms with Crippen molar-refractivity contribution in [1.82, 2.24) is 5.32 Å². The minimum Gasteiger partial charge on any atom is -0.497 e. The number of hydrogen-bond donors (Lipinski definition) is 3. The molecule has 0 bridgehead atoms. The van der Waals surface area contributed by atoms with Gasteiger partial charge in [-0.05, 0) is 29.8 Å². The molecule has 1 aromatic heterocycles. The lowest BCUT2D eigenvalue weighted by atomic mass is 10.1. The van der Waals surface area contributed by atoms with Crippen LogP contribution in [-0.2, 0) is 16.1 Å². The summed E-state index contributed by atoms with van der Waals surface area (Å²) >= 11 is 1.37. The van der Waals surface area contributed by atoms with E-state index in [1.54, 1.807) is 18.2 Å². The number of benzene rings is 2. The Hall–Kier alpha value is -3.36. The third-order valence-corrected chi connectivity index (χ3v) is 5.49. The van der Waals surface area contributed by atoms with E-state index in [-0.39, 0.29) is 6.54 Å². The number of aliphatic hydroxyl groups excluding tert-OH is 1. The van der Waals surface area contributed by atoms with Crippen molar-refractivity contribution in [2.75, 3.05) is 19.5 Å². The molecule has 1 unspecified atom stereocenters. The fourth-order valence-corrected chi connectivity index (χ4v) is 3.73. The van der Waals surface area contributed by atoms with E-state index in [0.717, 1.165) is 15.3 Å². The average Bonchev–Trinajstić information content (AvgIpc) is 3.26. The van der Waals surface area contributed by atoms with Gasteiger partial charge < -0.3 is 25.2 Å². The van der Waals surface area contributed by atoms with Gasteiger partial charge >= 0.3 is 11.8 Å². The van der Waals surface area contributed by atoms with Gasteiger partial charge in [-0.1, -0.05) is 30.3 Å². The number of ether oxygens (including phenoxy) is 2. The Labute approximate surface area is 178 Å². The highest BCUT2D eigenvalue weighted by Gasteiger charge is 2.17. The van der Waals surface area contributed by atoms with E-state index in [1.807, 2.05) is 42.5 Å². The normalized spacial score (nSPS) is 11.4. The van der Waals surface area contributed by atoms with E-state index >= 15 is 0 Å². The van der Waals surface area contributed by atoms with Gasteiger partial charge in [-0.15, -0.1) is 11.3 Å². The highest BCUT2D eigenvalue weighted by Crippen LogP contribution is 2.29. The zero-order valence-electron chi connectivity index (χ0n) is 16.5. The summed E-state index contributed by atoms with van der Waals surface area (Å²) in [5, 5.41) is 15.6. The molecule has 0 radical (unpaired) electrons. The molecule has 3 aromatic rings. The van der Waals surface area contributed by atoms with Crippen LogP contribution in [0.2, 0.25) is 0 Å². The van der Waals surface area contributed by atoms with Crippen LogP contribution in [0.5, 0.6) is 11.5 Å². The zero-order valence-corrected chi connectivity index (χ0v) is 17.4. The Balaban J connectivity index is 1.57. The molecule has 0 aliphatic rings. The summed E-state index contributed by atoms with van der Waals surface area (Å²) in [6.07, 6.45) is -0.730. The highest BCUT2D eigenvalue weighted by molar-refractivity contribution is 7.12. The van der Waals surface area contributed by atoms with E-state index in [4.69, 9.17) is 9.47 Å². The van der Waals surface area contributed by atoms with Crippen molar-refractivity contribution in [3.63, 3.8) is 0 Å². The van der Waals surface area contributed by atoms with Crippen molar-refractivity contribution in [3.8, 4) is 11.5 Å². The topological polar surface area (TPSA) is 96.9 Å². The lowest BCUT2D eigenvalue weighted by Gasteiger charge is -2.11. The lowest BCUT2D eigenvalue weighted by molar-refractivity contribution is -0.136. The molecule has 7 nitrogen and oxygen atoms in total. The van der Waals surface area contributed by atoms with Gasteiger partial charge in [0.1, 0.15) is 17.6 Å². The van der Waals surface area contributed by atoms with Crippen LogP contribution in [0.4, 0.5) is 5.69 Å². The quantitative estimate of drug-likeness (QED) is 0.505. The van der Waals surface area contributed by atoms with Crippen molar-refractivity contribution >= 4 is 28.8 Å². The molecule has 0 aliphatic carbocycles. The standard InChI is InChI=1S/C22H22N2O5S/c1-28-15-8-10-17(18(12-15)29-2)24-22(27)21(26)23-13-16-9-11-19(30-16)20(25)14-6-4-3-5-7-14/h3-12,20,25H,13H2,1-2H3,(H,23,26)(H,24,27). The molecule has 2 amide bonds. The molecule has 0 saturated carbocycles. The number of anilines is 1. The van der Waals surface area contributed by atoms with Gasteiger partial charge in [0.25, 0.3) is 0 Å². The van der Waals surface area contributed by atoms with E-state index in [1.165, 1.54) is 25.6 Å². The Morgan fingerprint density at radius 2 is 1.77 bits per heavy atom. The molecule has 1 atom stereocenters. The predicted octanol–water partition coefficient (Wildman–Crippen LogP) is 3.10. The fraction of sp³-hybridized carbons (Fsp3) is 0.182. The first-order valence-corrected chi connectivity index (χ1v) is 9.96. The van der Waals surface area contributed by atoms with Crippen LogP contribution in [0, 0.1) is 0 Å². The first-order chi connectivity index (χ1) is 14.5. The van der Waals surface area contributed by atoms with Crippen LogP contribution in [0.15, 0.2) is 60.7 Å². The van der Waals surface area contributed by atoms with Crippen LogP contribution >= 0.6 is 11.3 Å². The largest absolute Gasteiger partial charge is 0.497 e. The molecule has 30 heavy (non-hydrogen) atoms. The van der Waals surface area contributed by atoms with Crippen molar-refractivity contribution < 1.29 is 24.2 Å². The van der Waals surface area contributed by atoms with E-state index in [9.17, 15) is 14.7 Å². The average molecular weight is 426 g/mol. The van der Waals surface area contributed by atoms with Gasteiger partial charge in [0.05, 0.1) is 26.5 Å². The molecule has 0 fully saturated rings. The summed E-state index contributed by atoms with van der Waals surface area (Å²) in [6.45, 7) is 0.179. The second-order valence-corrected chi connectivity index (χ2v) is 7.52. The molecule has 0 aliphatic heterocycles. The summed E-state index contributed by atoms with van der Waals surface area (Å²) in [5.41, 5.74) is 1.16. The molecule has 8 heteroatoms. The molecule has 1 heterocycles. The summed E-state index contributed by atoms with van der Waals surface area (Å²) in [6, 6.07) is 17.8. The van der Waals surface area contributed by atoms with Gasteiger partial charge in [0, 0.05) is 15.8 Å². The smallest absolute Gasteiger partial charge is 0.313 e. The van der Waals surface area contributed by atoms with Gasteiger partial charge in [0.15, 0.2) is 0 Å². The van der Waals surface area contributed by atoms with E-state index in [2.05, 4.69) is 10.6 Å². The summed E-state index contributed by atoms with van der Waals surface area (Å²) in [7, 11) is 2.98. The third kappa shape index (κ3) is 5.16. The predicted molar refractivity (Wildman–Crippen MR) is 115 cm³/mol. The Bertz CT molecular complexity index is 1020. The number of rotatable bonds is 7. The maximum atomic E-state index is 12.2. The van der Waals surface area contributed by atoms with Crippen LogP contribution in [0.3, 0.4) is 0 Å². The Morgan fingerprint density at radius 1 is 1.00 bits per heavy atom. The molecule has 0 spiro atoms. The van der Waals surface area contributed by atoms with E-state index < -0.39 is 17.9 Å². The second kappa shape index (κ2) is 9.91. The molecular formula is C22H22N2O5S. The molecule has 156 valence electrons. The second-order valence-electron chi connectivity index (χ2n) is 6.32. The van der Waals surface area contributed by atoms with Crippen molar-refractivity contribution in [1.29, 1.82) is 0 Å². The molecule has 0 saturated heterocycles. The minimum atomic E-state index is -0.806. The number of thiophene rings is 1. The van der Waals surface area contributed by atoms with Gasteiger partial charge in [-0.2, -0.15) is 0 Å². The number of aliphatic hydroxyl groups is 1. The van der Waals surface area contributed by atoms with Crippen LogP contribution in [0.25, 0.3) is 0 Å². The van der Waals surface area contributed by atoms with Gasteiger partial charge in [0.2, 0.25) is 0 Å². The summed E-state index contributed by atoms with van der Waals surface area (Å²) in [5.74, 6) is -0.625. The SMILES string of the molecule is COc1ccc(NC(=O)C(=O)NCc2ccc(C(O)c3ccccc3)s2)c(OC)c1. The zero-order chi connectivity index (χ0) is 21.5. The molecule has 2 aromatic carbocycles. The minimum absolute atomic E-state index is 0.179. The number of hydrogen-bond acceptors (Lipinski definition) is 6. The highest BCUT2D eigenvalue weighted by atomic mass is 32.1. The van der Waals surface area contributed by atoms with Crippen molar-refractivity contribution in [3.05, 3.63) is 76.0 Å². The third-order valence-electron chi connectivity index (χ3n) is 4.35. The first-order valence-electron chi connectivity index (χ1n) is 9.14. The molecule has 3 N–H and O–H groups in total. The maximum absolute atomic E-state index is 12.2. The van der Waals surface area contributed by atoms with Crippen molar-refractivity contribution in [2.24, 2.45) is 0 Å². The van der Waals surface area contributed by atoms with Crippen LogP contribution < -0.4 is 20.1 Å². The van der Waals surface area contributed by atoms with Gasteiger partial charge in [-0.3, -0.25) is 9.59 Å². The molecular weight excluding hydrogens is 404 g/mol. The number of methoxy groups -OCH3 is 2. The maximum Gasteiger partial charge on any atom is 0.313 e. The number of nitrogens with one attached hydrogen (secondary N) is 2. The summed E-state index contributed by atoms with van der Waals surface area (Å²) < 4.78 is 10.3. The van der Waals surface area contributed by atoms with Crippen LogP contribution in [-0.4, -0.2) is 31.1 Å². The first kappa shape index (κ1) is 21.4. The summed E-state index contributed by atoms with van der Waals surface area (Å²) in [4.78, 5) is 26.0. The Morgan fingerprint density at radius 3 is 2.47 bits per heavy atom. The lowest BCUT2D eigenvalue weighted by Crippen LogP contribution is -2.34. The Kier molecular flexibility index (Phi) is 7.05. The van der Waals surface area contributed by atoms with Crippen molar-refractivity contribution in [2.45, 2.75) is 12.6 Å². The number of carbonyl (C=O) groups excluding carboxylic acids is 2. The fourth-order valence-electron chi connectivity index (χ4n) is 2.76. The monoisotopic (exact) mass is 426 g/mol. The number of carbonyl (C=O) groups is 2. The number of amides is 2. The van der Waals surface area contributed by atoms with Gasteiger partial charge in [-0.25, -0.2) is 0 Å². The molecule has 3 rings (SSSR count). The van der Waals surface area contributed by atoms with Crippen LogP contribution in [0.1, 0.15) is 21.4 Å².